The van der Waals surface area contributed by atoms with Crippen LogP contribution in [-0.4, -0.2) is 58.6 Å². The Kier molecular flexibility index (Phi) is 8.77. The van der Waals surface area contributed by atoms with Crippen LogP contribution in [-0.2, 0) is 16.1 Å². The van der Waals surface area contributed by atoms with Gasteiger partial charge in [0.05, 0.1) is 21.8 Å². The van der Waals surface area contributed by atoms with Gasteiger partial charge in [0, 0.05) is 24.4 Å². The minimum absolute atomic E-state index is 0.215. The number of hydrogen-bond acceptors (Lipinski definition) is 5. The molecule has 1 aliphatic rings. The van der Waals surface area contributed by atoms with Crippen molar-refractivity contribution in [1.29, 1.82) is 0 Å². The number of halogens is 1. The van der Waals surface area contributed by atoms with Crippen LogP contribution < -0.4 is 20.7 Å². The van der Waals surface area contributed by atoms with Gasteiger partial charge in [0.2, 0.25) is 0 Å². The Balaban J connectivity index is 1.88. The Bertz CT molecular complexity index is 1110. The molecule has 1 heterocycles. The Hall–Kier alpha value is -2.65. The molecule has 7 nitrogen and oxygen atoms in total. The normalized spacial score (nSPS) is 20.5. The van der Waals surface area contributed by atoms with E-state index in [0.29, 0.717) is 35.5 Å². The zero-order valence-electron chi connectivity index (χ0n) is 21.0. The highest BCUT2D eigenvalue weighted by atomic mass is 32.2. The Morgan fingerprint density at radius 2 is 1.97 bits per heavy atom. The Morgan fingerprint density at radius 3 is 2.54 bits per heavy atom. The lowest BCUT2D eigenvalue weighted by molar-refractivity contribution is 0.0928. The van der Waals surface area contributed by atoms with E-state index in [1.165, 1.54) is 4.31 Å². The third-order valence-corrected chi connectivity index (χ3v) is 9.32. The van der Waals surface area contributed by atoms with E-state index in [4.69, 9.17) is 5.73 Å². The third-order valence-electron chi connectivity index (χ3n) is 6.73. The van der Waals surface area contributed by atoms with E-state index in [-0.39, 0.29) is 5.25 Å². The van der Waals surface area contributed by atoms with Gasteiger partial charge in [0.25, 0.3) is 5.91 Å². The van der Waals surface area contributed by atoms with Gasteiger partial charge in [-0.05, 0) is 62.1 Å². The van der Waals surface area contributed by atoms with Crippen LogP contribution in [0.2, 0.25) is 0 Å². The third kappa shape index (κ3) is 6.95. The zero-order valence-corrected chi connectivity index (χ0v) is 21.9. The van der Waals surface area contributed by atoms with E-state index in [2.05, 4.69) is 28.4 Å². The van der Waals surface area contributed by atoms with Gasteiger partial charge in [-0.3, -0.25) is 9.10 Å². The van der Waals surface area contributed by atoms with Gasteiger partial charge in [-0.1, -0.05) is 37.3 Å². The summed E-state index contributed by atoms with van der Waals surface area (Å²) in [4.78, 5) is 17.9. The van der Waals surface area contributed by atoms with E-state index in [1.54, 1.807) is 19.2 Å². The molecule has 1 aliphatic carbocycles. The lowest BCUT2D eigenvalue weighted by atomic mass is 10.00. The highest BCUT2D eigenvalue weighted by Gasteiger charge is 2.32. The SMILES string of the molecule is C=S(=O)(C(C)C)N(C)c1cc(C(=O)N[C@@H](Cc2ccccc2)[C@@H](N)CF)cc(NCC2CC2C)n1. The van der Waals surface area contributed by atoms with Crippen LogP contribution in [0.25, 0.3) is 0 Å². The number of hydrogen-bond donors (Lipinski definition) is 3. The second kappa shape index (κ2) is 11.4. The first kappa shape index (κ1) is 26.9. The fourth-order valence-electron chi connectivity index (χ4n) is 3.83. The standard InChI is InChI=1S/C26H38FN5O2S/c1-17(2)35(5,34)32(4)25-14-20(13-24(31-25)29-16-21-11-18(21)3)26(33)30-23(22(28)15-27)12-19-9-7-6-8-10-19/h6-10,13-14,17-18,21-23H,5,11-12,15-16,28H2,1-4H3,(H,29,31)(H,30,33)/t18?,21?,22-,23-,35?/m0/s1. The van der Waals surface area contributed by atoms with Gasteiger partial charge in [-0.15, -0.1) is 0 Å². The number of rotatable bonds is 12. The first-order chi connectivity index (χ1) is 16.5. The molecular formula is C26H38FN5O2S. The molecule has 1 aromatic carbocycles. The topological polar surface area (TPSA) is 100 Å². The predicted octanol–water partition coefficient (Wildman–Crippen LogP) is 3.26. The van der Waals surface area contributed by atoms with Gasteiger partial charge in [0.15, 0.2) is 0 Å². The van der Waals surface area contributed by atoms with Crippen molar-refractivity contribution in [3.05, 3.63) is 53.6 Å². The highest BCUT2D eigenvalue weighted by Crippen LogP contribution is 2.37. The summed E-state index contributed by atoms with van der Waals surface area (Å²) in [6.45, 7) is 5.86. The molecular weight excluding hydrogens is 465 g/mol. The molecule has 1 fully saturated rings. The molecule has 1 aromatic heterocycles. The summed E-state index contributed by atoms with van der Waals surface area (Å²) in [7, 11) is -0.986. The maximum atomic E-state index is 13.5. The highest BCUT2D eigenvalue weighted by molar-refractivity contribution is 8.02. The summed E-state index contributed by atoms with van der Waals surface area (Å²) in [5.41, 5.74) is 7.30. The number of amides is 1. The maximum absolute atomic E-state index is 13.5. The fourth-order valence-corrected chi connectivity index (χ4v) is 4.87. The first-order valence-electron chi connectivity index (χ1n) is 12.0. The quantitative estimate of drug-likeness (QED) is 0.386. The number of carbonyl (C=O) groups excluding carboxylic acids is 1. The molecule has 3 rings (SSSR count). The number of aromatic nitrogens is 1. The predicted molar refractivity (Wildman–Crippen MR) is 144 cm³/mol. The number of nitrogens with two attached hydrogens (primary N) is 1. The van der Waals surface area contributed by atoms with Gasteiger partial charge in [-0.25, -0.2) is 13.6 Å². The second-order valence-electron chi connectivity index (χ2n) is 9.78. The second-order valence-corrected chi connectivity index (χ2v) is 12.6. The molecule has 5 atom stereocenters. The first-order valence-corrected chi connectivity index (χ1v) is 13.8. The Morgan fingerprint density at radius 1 is 1.31 bits per heavy atom. The molecule has 0 spiro atoms. The average molecular weight is 504 g/mol. The summed E-state index contributed by atoms with van der Waals surface area (Å²) in [5.74, 6) is 5.65. The molecule has 0 bridgehead atoms. The molecule has 0 radical (unpaired) electrons. The average Bonchev–Trinajstić information content (AvgIpc) is 3.56. The van der Waals surface area contributed by atoms with Crippen molar-refractivity contribution >= 4 is 33.1 Å². The smallest absolute Gasteiger partial charge is 0.251 e. The van der Waals surface area contributed by atoms with Crippen LogP contribution in [0.5, 0.6) is 0 Å². The van der Waals surface area contributed by atoms with E-state index in [0.717, 1.165) is 18.5 Å². The minimum Gasteiger partial charge on any atom is -0.370 e. The number of alkyl halides is 1. The van der Waals surface area contributed by atoms with Crippen molar-refractivity contribution in [1.82, 2.24) is 10.3 Å². The van der Waals surface area contributed by atoms with Crippen molar-refractivity contribution in [3.63, 3.8) is 0 Å². The molecule has 3 unspecified atom stereocenters. The van der Waals surface area contributed by atoms with Crippen molar-refractivity contribution in [2.45, 2.75) is 50.9 Å². The molecule has 1 amide bonds. The van der Waals surface area contributed by atoms with Crippen molar-refractivity contribution in [2.75, 3.05) is 29.9 Å². The monoisotopic (exact) mass is 503 g/mol. The summed E-state index contributed by atoms with van der Waals surface area (Å²) in [5, 5.41) is 6.01. The summed E-state index contributed by atoms with van der Waals surface area (Å²) < 4.78 is 28.2. The maximum Gasteiger partial charge on any atom is 0.251 e. The molecule has 9 heteroatoms. The van der Waals surface area contributed by atoms with E-state index in [9.17, 15) is 13.4 Å². The number of carbonyl (C=O) groups is 1. The lowest BCUT2D eigenvalue weighted by Crippen LogP contribution is -2.50. The van der Waals surface area contributed by atoms with Gasteiger partial charge in [0.1, 0.15) is 18.3 Å². The van der Waals surface area contributed by atoms with Gasteiger partial charge in [-0.2, -0.15) is 0 Å². The van der Waals surface area contributed by atoms with Crippen LogP contribution in [0.3, 0.4) is 0 Å². The number of pyridine rings is 1. The summed E-state index contributed by atoms with van der Waals surface area (Å²) in [6, 6.07) is 11.3. The number of benzene rings is 1. The van der Waals surface area contributed by atoms with Gasteiger partial charge >= 0.3 is 0 Å². The zero-order chi connectivity index (χ0) is 25.8. The molecule has 0 saturated heterocycles. The van der Waals surface area contributed by atoms with Crippen LogP contribution in [0.4, 0.5) is 16.0 Å². The van der Waals surface area contributed by atoms with E-state index in [1.807, 2.05) is 44.2 Å². The molecule has 192 valence electrons. The van der Waals surface area contributed by atoms with Crippen LogP contribution in [0.15, 0.2) is 42.5 Å². The fraction of sp³-hybridized carbons (Fsp3) is 0.500. The molecule has 4 N–H and O–H groups in total. The Labute approximate surface area is 208 Å². The van der Waals surface area contributed by atoms with Crippen LogP contribution in [0, 0.1) is 11.8 Å². The molecule has 2 aromatic rings. The molecule has 0 aliphatic heterocycles. The van der Waals surface area contributed by atoms with Crippen molar-refractivity contribution in [3.8, 4) is 0 Å². The van der Waals surface area contributed by atoms with E-state index >= 15 is 0 Å². The summed E-state index contributed by atoms with van der Waals surface area (Å²) >= 11 is 0. The van der Waals surface area contributed by atoms with Crippen LogP contribution >= 0.6 is 0 Å². The van der Waals surface area contributed by atoms with Crippen molar-refractivity contribution in [2.24, 2.45) is 17.6 Å². The van der Waals surface area contributed by atoms with Crippen molar-refractivity contribution < 1.29 is 13.4 Å². The van der Waals surface area contributed by atoms with Gasteiger partial charge < -0.3 is 16.4 Å². The van der Waals surface area contributed by atoms with E-state index < -0.39 is 34.4 Å². The molecule has 35 heavy (non-hydrogen) atoms. The summed E-state index contributed by atoms with van der Waals surface area (Å²) in [6.07, 6.45) is 1.56. The number of nitrogens with one attached hydrogen (secondary N) is 2. The largest absolute Gasteiger partial charge is 0.370 e. The van der Waals surface area contributed by atoms with Crippen LogP contribution in [0.1, 0.15) is 43.1 Å². The molecule has 1 saturated carbocycles. The lowest BCUT2D eigenvalue weighted by Gasteiger charge is -2.27. The number of nitrogens with zero attached hydrogens (tertiary/aromatic N) is 2. The number of anilines is 2. The minimum atomic E-state index is -2.66.